The van der Waals surface area contributed by atoms with Crippen LogP contribution in [0.5, 0.6) is 0 Å². The first-order chi connectivity index (χ1) is 7.80. The maximum Gasteiger partial charge on any atom is 0.317 e. The average Bonchev–Trinajstić information content (AvgIpc) is 2.25. The standard InChI is InChI=1S/C8H9F2N3O3S/c9-7(10)8(14)13-12-5-1-3-6(4-2-5)17(11,15)16/h1-4,7,12H,(H,13,14)(H2,11,15,16). The van der Waals surface area contributed by atoms with Gasteiger partial charge in [-0.15, -0.1) is 0 Å². The Kier molecular flexibility index (Phi) is 3.97. The van der Waals surface area contributed by atoms with Gasteiger partial charge in [0.15, 0.2) is 0 Å². The summed E-state index contributed by atoms with van der Waals surface area (Å²) in [4.78, 5) is 10.4. The van der Waals surface area contributed by atoms with Crippen molar-refractivity contribution < 1.29 is 22.0 Å². The van der Waals surface area contributed by atoms with Crippen LogP contribution in [0.25, 0.3) is 0 Å². The van der Waals surface area contributed by atoms with E-state index in [1.165, 1.54) is 24.3 Å². The number of carbonyl (C=O) groups excluding carboxylic acids is 1. The zero-order chi connectivity index (χ0) is 13.1. The molecule has 9 heteroatoms. The fraction of sp³-hybridized carbons (Fsp3) is 0.125. The number of hydrogen-bond acceptors (Lipinski definition) is 4. The Bertz CT molecular complexity index is 501. The van der Waals surface area contributed by atoms with Crippen molar-refractivity contribution in [3.05, 3.63) is 24.3 Å². The number of nitrogens with two attached hydrogens (primary N) is 1. The van der Waals surface area contributed by atoms with Crippen molar-refractivity contribution in [3.8, 4) is 0 Å². The molecule has 0 atom stereocenters. The molecule has 0 radical (unpaired) electrons. The zero-order valence-electron chi connectivity index (χ0n) is 8.35. The minimum absolute atomic E-state index is 0.122. The molecule has 1 aromatic carbocycles. The molecule has 0 aliphatic heterocycles. The van der Waals surface area contributed by atoms with Crippen LogP contribution in [0.15, 0.2) is 29.2 Å². The molecule has 94 valence electrons. The number of carbonyl (C=O) groups is 1. The van der Waals surface area contributed by atoms with Crippen molar-refractivity contribution in [1.29, 1.82) is 0 Å². The lowest BCUT2D eigenvalue weighted by Gasteiger charge is -2.08. The number of benzene rings is 1. The van der Waals surface area contributed by atoms with Crippen molar-refractivity contribution in [2.24, 2.45) is 5.14 Å². The number of anilines is 1. The molecule has 0 aliphatic carbocycles. The van der Waals surface area contributed by atoms with E-state index in [0.717, 1.165) is 0 Å². The third-order valence-electron chi connectivity index (χ3n) is 1.71. The van der Waals surface area contributed by atoms with Crippen molar-refractivity contribution >= 4 is 21.6 Å². The van der Waals surface area contributed by atoms with Gasteiger partial charge in [0, 0.05) is 0 Å². The van der Waals surface area contributed by atoms with E-state index in [1.807, 2.05) is 0 Å². The molecule has 1 aromatic rings. The molecule has 1 rings (SSSR count). The first kappa shape index (κ1) is 13.3. The van der Waals surface area contributed by atoms with E-state index in [4.69, 9.17) is 5.14 Å². The second-order valence-electron chi connectivity index (χ2n) is 2.98. The molecule has 4 N–H and O–H groups in total. The summed E-state index contributed by atoms with van der Waals surface area (Å²) in [6, 6.07) is 4.88. The topological polar surface area (TPSA) is 101 Å². The van der Waals surface area contributed by atoms with Gasteiger partial charge in [-0.1, -0.05) is 0 Å². The van der Waals surface area contributed by atoms with Gasteiger partial charge in [-0.3, -0.25) is 15.6 Å². The van der Waals surface area contributed by atoms with Gasteiger partial charge in [0.05, 0.1) is 10.6 Å². The van der Waals surface area contributed by atoms with Crippen molar-refractivity contribution in [2.75, 3.05) is 5.43 Å². The van der Waals surface area contributed by atoms with Crippen molar-refractivity contribution in [3.63, 3.8) is 0 Å². The average molecular weight is 265 g/mol. The van der Waals surface area contributed by atoms with Crippen LogP contribution in [0.3, 0.4) is 0 Å². The number of sulfonamides is 1. The van der Waals surface area contributed by atoms with Crippen LogP contribution in [0.1, 0.15) is 0 Å². The molecule has 0 aromatic heterocycles. The van der Waals surface area contributed by atoms with Crippen LogP contribution in [0, 0.1) is 0 Å². The van der Waals surface area contributed by atoms with Gasteiger partial charge in [-0.05, 0) is 24.3 Å². The molecule has 0 heterocycles. The highest BCUT2D eigenvalue weighted by atomic mass is 32.2. The fourth-order valence-corrected chi connectivity index (χ4v) is 1.43. The first-order valence-electron chi connectivity index (χ1n) is 4.27. The van der Waals surface area contributed by atoms with Crippen LogP contribution in [-0.2, 0) is 14.8 Å². The summed E-state index contributed by atoms with van der Waals surface area (Å²) < 4.78 is 45.4. The molecule has 6 nitrogen and oxygen atoms in total. The highest BCUT2D eigenvalue weighted by Crippen LogP contribution is 2.11. The lowest BCUT2D eigenvalue weighted by molar-refractivity contribution is -0.131. The summed E-state index contributed by atoms with van der Waals surface area (Å²) in [5, 5.41) is 4.85. The Hall–Kier alpha value is -1.74. The highest BCUT2D eigenvalue weighted by molar-refractivity contribution is 7.89. The Morgan fingerprint density at radius 3 is 2.18 bits per heavy atom. The number of nitrogens with one attached hydrogen (secondary N) is 2. The number of hydrazine groups is 1. The minimum atomic E-state index is -3.80. The van der Waals surface area contributed by atoms with E-state index < -0.39 is 22.4 Å². The fourth-order valence-electron chi connectivity index (χ4n) is 0.916. The number of hydrogen-bond donors (Lipinski definition) is 3. The largest absolute Gasteiger partial charge is 0.317 e. The lowest BCUT2D eigenvalue weighted by atomic mass is 10.3. The van der Waals surface area contributed by atoms with Gasteiger partial charge in [0.1, 0.15) is 0 Å². The van der Waals surface area contributed by atoms with Crippen LogP contribution < -0.4 is 16.0 Å². The van der Waals surface area contributed by atoms with Gasteiger partial charge in [-0.2, -0.15) is 8.78 Å². The maximum absolute atomic E-state index is 11.8. The predicted molar refractivity (Wildman–Crippen MR) is 55.6 cm³/mol. The predicted octanol–water partition coefficient (Wildman–Crippen LogP) is 0.0422. The van der Waals surface area contributed by atoms with Crippen LogP contribution in [-0.4, -0.2) is 20.8 Å². The summed E-state index contributed by atoms with van der Waals surface area (Å²) in [5.41, 5.74) is 4.17. The molecule has 0 bridgehead atoms. The lowest BCUT2D eigenvalue weighted by Crippen LogP contribution is -2.34. The quantitative estimate of drug-likeness (QED) is 0.669. The summed E-state index contributed by atoms with van der Waals surface area (Å²) in [5.74, 6) is -1.49. The molecule has 0 spiro atoms. The molecule has 0 aliphatic rings. The number of halogens is 2. The SMILES string of the molecule is NS(=O)(=O)c1ccc(NNC(=O)C(F)F)cc1. The van der Waals surface area contributed by atoms with E-state index in [0.29, 0.717) is 0 Å². The van der Waals surface area contributed by atoms with E-state index in [1.54, 1.807) is 5.43 Å². The number of primary sulfonamides is 1. The highest BCUT2D eigenvalue weighted by Gasteiger charge is 2.14. The Balaban J connectivity index is 2.67. The minimum Gasteiger partial charge on any atom is -0.298 e. The number of rotatable bonds is 4. The second kappa shape index (κ2) is 5.06. The Morgan fingerprint density at radius 1 is 1.24 bits per heavy atom. The molecule has 0 saturated carbocycles. The zero-order valence-corrected chi connectivity index (χ0v) is 9.17. The molecule has 0 fully saturated rings. The summed E-state index contributed by atoms with van der Waals surface area (Å²) in [6.45, 7) is 0. The van der Waals surface area contributed by atoms with E-state index in [2.05, 4.69) is 5.43 Å². The Morgan fingerprint density at radius 2 is 1.76 bits per heavy atom. The van der Waals surface area contributed by atoms with Gasteiger partial charge < -0.3 is 0 Å². The molecular weight excluding hydrogens is 256 g/mol. The van der Waals surface area contributed by atoms with Crippen molar-refractivity contribution in [1.82, 2.24) is 5.43 Å². The third-order valence-corrected chi connectivity index (χ3v) is 2.64. The van der Waals surface area contributed by atoms with Crippen LogP contribution >= 0.6 is 0 Å². The molecule has 0 unspecified atom stereocenters. The number of alkyl halides is 2. The van der Waals surface area contributed by atoms with Gasteiger partial charge in [0.25, 0.3) is 0 Å². The number of amides is 1. The second-order valence-corrected chi connectivity index (χ2v) is 4.55. The maximum atomic E-state index is 11.8. The van der Waals surface area contributed by atoms with E-state index in [9.17, 15) is 22.0 Å². The van der Waals surface area contributed by atoms with E-state index in [-0.39, 0.29) is 10.6 Å². The normalized spacial score (nSPS) is 11.3. The third kappa shape index (κ3) is 3.96. The summed E-state index contributed by atoms with van der Waals surface area (Å²) >= 11 is 0. The van der Waals surface area contributed by atoms with Gasteiger partial charge >= 0.3 is 12.3 Å². The van der Waals surface area contributed by atoms with Gasteiger partial charge in [-0.25, -0.2) is 13.6 Å². The summed E-state index contributed by atoms with van der Waals surface area (Å²) in [6.07, 6.45) is -3.13. The molecule has 17 heavy (non-hydrogen) atoms. The summed E-state index contributed by atoms with van der Waals surface area (Å²) in [7, 11) is -3.80. The molecule has 1 amide bonds. The first-order valence-corrected chi connectivity index (χ1v) is 5.82. The monoisotopic (exact) mass is 265 g/mol. The smallest absolute Gasteiger partial charge is 0.298 e. The van der Waals surface area contributed by atoms with Gasteiger partial charge in [0.2, 0.25) is 10.0 Å². The van der Waals surface area contributed by atoms with Crippen LogP contribution in [0.2, 0.25) is 0 Å². The molecule has 0 saturated heterocycles. The van der Waals surface area contributed by atoms with E-state index >= 15 is 0 Å². The molecular formula is C8H9F2N3O3S. The van der Waals surface area contributed by atoms with Crippen molar-refractivity contribution in [2.45, 2.75) is 11.3 Å². The van der Waals surface area contributed by atoms with Crippen LogP contribution in [0.4, 0.5) is 14.5 Å². The Labute approximate surface area is 95.8 Å².